The fourth-order valence-corrected chi connectivity index (χ4v) is 4.79. The summed E-state index contributed by atoms with van der Waals surface area (Å²) in [6.07, 6.45) is 1.84. The Kier molecular flexibility index (Phi) is 5.83. The quantitative estimate of drug-likeness (QED) is 0.272. The Morgan fingerprint density at radius 2 is 1.71 bits per heavy atom. The Balaban J connectivity index is 0.00000253. The van der Waals surface area contributed by atoms with Crippen LogP contribution in [-0.2, 0) is 4.74 Å². The number of aromatic nitrogens is 3. The summed E-state index contributed by atoms with van der Waals surface area (Å²) >= 11 is 3.51. The second kappa shape index (κ2) is 8.83. The number of carbonyl (C=O) groups is 1. The first-order valence-electron chi connectivity index (χ1n) is 10.7. The monoisotopic (exact) mass is 549 g/mol. The number of hydrogen-bond donors (Lipinski definition) is 1. The molecule has 0 bridgehead atoms. The van der Waals surface area contributed by atoms with Crippen LogP contribution in [0.25, 0.3) is 44.3 Å². The van der Waals surface area contributed by atoms with E-state index >= 15 is 0 Å². The number of H-pyrrole nitrogens is 1. The summed E-state index contributed by atoms with van der Waals surface area (Å²) in [5.41, 5.74) is 5.65. The lowest BCUT2D eigenvalue weighted by molar-refractivity contribution is -0.514. The predicted molar refractivity (Wildman–Crippen MR) is 133 cm³/mol. The van der Waals surface area contributed by atoms with Gasteiger partial charge in [0, 0.05) is 32.4 Å². The van der Waals surface area contributed by atoms with Crippen molar-refractivity contribution >= 4 is 49.2 Å². The lowest BCUT2D eigenvalue weighted by Gasteiger charge is -2.04. The molecule has 0 radical (unpaired) electrons. The van der Waals surface area contributed by atoms with E-state index in [-0.39, 0.29) is 18.2 Å². The van der Waals surface area contributed by atoms with Crippen molar-refractivity contribution in [2.75, 3.05) is 7.11 Å². The normalized spacial score (nSPS) is 11.2. The number of pyridine rings is 1. The third-order valence-electron chi connectivity index (χ3n) is 6.08. The Labute approximate surface area is 214 Å². The Morgan fingerprint density at radius 3 is 2.43 bits per heavy atom. The standard InChI is InChI=1S/C27H17BrFN3O2.ClH/c1-34-27(33)23-14-21-20-4-2-3-5-22(20)30-24(21)26-25(16-6-8-17(28)9-7-16)31(15-32(23)26)19-12-10-18(29)11-13-19;/h2-15H,1H3;1H. The van der Waals surface area contributed by atoms with Gasteiger partial charge in [0.15, 0.2) is 5.69 Å². The summed E-state index contributed by atoms with van der Waals surface area (Å²) in [6.45, 7) is 0. The number of esters is 1. The molecular weight excluding hydrogens is 533 g/mol. The highest BCUT2D eigenvalue weighted by Gasteiger charge is 2.29. The number of hydrogen-bond acceptors (Lipinski definition) is 2. The summed E-state index contributed by atoms with van der Waals surface area (Å²) in [7, 11) is 1.38. The summed E-state index contributed by atoms with van der Waals surface area (Å²) in [5.74, 6) is -0.757. The second-order valence-electron chi connectivity index (χ2n) is 8.02. The molecule has 0 aliphatic rings. The zero-order valence-corrected chi connectivity index (χ0v) is 20.8. The Bertz CT molecular complexity index is 1720. The third-order valence-corrected chi connectivity index (χ3v) is 6.61. The zero-order valence-electron chi connectivity index (χ0n) is 18.4. The SMILES string of the molecule is COC(=O)c1cc2c3ccccc3[nH]c2c2c(-c3ccc(Br)cc3)n(-c3ccc(F)cc3)c[n+]12.[Cl-]. The van der Waals surface area contributed by atoms with Gasteiger partial charge in [-0.05, 0) is 54.6 Å². The van der Waals surface area contributed by atoms with Crippen molar-refractivity contribution in [3.05, 3.63) is 101 Å². The summed E-state index contributed by atoms with van der Waals surface area (Å²) in [6, 6.07) is 24.1. The number of para-hydroxylation sites is 1. The van der Waals surface area contributed by atoms with E-state index in [9.17, 15) is 9.18 Å². The first kappa shape index (κ1) is 23.1. The van der Waals surface area contributed by atoms with Crippen LogP contribution in [0.15, 0.2) is 89.7 Å². The van der Waals surface area contributed by atoms with E-state index in [4.69, 9.17) is 4.74 Å². The molecule has 0 aliphatic heterocycles. The van der Waals surface area contributed by atoms with Crippen LogP contribution in [0, 0.1) is 5.82 Å². The third kappa shape index (κ3) is 3.68. The number of benzene rings is 3. The fraction of sp³-hybridized carbons (Fsp3) is 0.0370. The maximum absolute atomic E-state index is 13.7. The lowest BCUT2D eigenvalue weighted by atomic mass is 10.1. The van der Waals surface area contributed by atoms with Crippen molar-refractivity contribution < 1.29 is 30.7 Å². The molecule has 35 heavy (non-hydrogen) atoms. The van der Waals surface area contributed by atoms with Gasteiger partial charge in [-0.25, -0.2) is 9.18 Å². The average Bonchev–Trinajstić information content (AvgIpc) is 3.43. The molecule has 6 aromatic rings. The van der Waals surface area contributed by atoms with Crippen LogP contribution < -0.4 is 16.8 Å². The van der Waals surface area contributed by atoms with Crippen molar-refractivity contribution in [3.63, 3.8) is 0 Å². The van der Waals surface area contributed by atoms with Gasteiger partial charge in [0.25, 0.3) is 6.33 Å². The Morgan fingerprint density at radius 1 is 1.00 bits per heavy atom. The maximum atomic E-state index is 13.7. The van der Waals surface area contributed by atoms with Crippen LogP contribution in [0.3, 0.4) is 0 Å². The van der Waals surface area contributed by atoms with Gasteiger partial charge in [0.05, 0.1) is 12.6 Å². The number of aromatic amines is 1. The molecule has 1 N–H and O–H groups in total. The van der Waals surface area contributed by atoms with Crippen molar-refractivity contribution in [2.24, 2.45) is 0 Å². The minimum Gasteiger partial charge on any atom is -1.00 e. The highest BCUT2D eigenvalue weighted by molar-refractivity contribution is 9.10. The molecular formula is C27H18BrClFN3O2. The molecule has 6 rings (SSSR count). The molecule has 3 aromatic carbocycles. The number of methoxy groups -OCH3 is 1. The predicted octanol–water partition coefficient (Wildman–Crippen LogP) is 3.21. The van der Waals surface area contributed by atoms with E-state index in [1.807, 2.05) is 69.9 Å². The first-order chi connectivity index (χ1) is 16.5. The number of rotatable bonds is 3. The van der Waals surface area contributed by atoms with Crippen LogP contribution in [0.5, 0.6) is 0 Å². The Hall–Kier alpha value is -3.68. The van der Waals surface area contributed by atoms with Gasteiger partial charge in [-0.15, -0.1) is 0 Å². The van der Waals surface area contributed by atoms with Crippen molar-refractivity contribution in [1.29, 1.82) is 0 Å². The molecule has 0 amide bonds. The van der Waals surface area contributed by atoms with Gasteiger partial charge in [-0.2, -0.15) is 8.97 Å². The van der Waals surface area contributed by atoms with Gasteiger partial charge in [0.1, 0.15) is 11.5 Å². The van der Waals surface area contributed by atoms with Gasteiger partial charge < -0.3 is 22.1 Å². The van der Waals surface area contributed by atoms with Crippen LogP contribution >= 0.6 is 15.9 Å². The highest BCUT2D eigenvalue weighted by atomic mass is 79.9. The van der Waals surface area contributed by atoms with Gasteiger partial charge >= 0.3 is 5.97 Å². The van der Waals surface area contributed by atoms with E-state index in [1.54, 1.807) is 12.1 Å². The van der Waals surface area contributed by atoms with Crippen molar-refractivity contribution in [1.82, 2.24) is 9.55 Å². The summed E-state index contributed by atoms with van der Waals surface area (Å²) < 4.78 is 23.6. The molecule has 3 aromatic heterocycles. The molecule has 0 spiro atoms. The molecule has 0 fully saturated rings. The van der Waals surface area contributed by atoms with Crippen molar-refractivity contribution in [3.8, 4) is 16.9 Å². The van der Waals surface area contributed by atoms with Crippen molar-refractivity contribution in [2.45, 2.75) is 0 Å². The molecule has 0 saturated heterocycles. The molecule has 0 saturated carbocycles. The zero-order chi connectivity index (χ0) is 23.4. The van der Waals surface area contributed by atoms with Crippen LogP contribution in [0.4, 0.5) is 4.39 Å². The second-order valence-corrected chi connectivity index (χ2v) is 8.93. The fourth-order valence-electron chi connectivity index (χ4n) is 4.53. The van der Waals surface area contributed by atoms with Gasteiger partial charge in [0.2, 0.25) is 11.2 Å². The average molecular weight is 551 g/mol. The smallest absolute Gasteiger partial charge is 0.378 e. The highest BCUT2D eigenvalue weighted by Crippen LogP contribution is 2.35. The molecule has 8 heteroatoms. The molecule has 0 aliphatic carbocycles. The molecule has 0 atom stereocenters. The topological polar surface area (TPSA) is 51.1 Å². The number of halogens is 3. The molecule has 174 valence electrons. The first-order valence-corrected chi connectivity index (χ1v) is 11.4. The van der Waals surface area contributed by atoms with Gasteiger partial charge in [-0.1, -0.05) is 34.1 Å². The van der Waals surface area contributed by atoms with E-state index < -0.39 is 5.97 Å². The lowest BCUT2D eigenvalue weighted by Crippen LogP contribution is -3.00. The van der Waals surface area contributed by atoms with E-state index in [0.717, 1.165) is 48.7 Å². The number of fused-ring (bicyclic) bond motifs is 5. The summed E-state index contributed by atoms with van der Waals surface area (Å²) in [4.78, 5) is 16.4. The molecule has 3 heterocycles. The number of ether oxygens (including phenoxy) is 1. The molecule has 0 unspecified atom stereocenters. The number of imidazole rings is 1. The van der Waals surface area contributed by atoms with Crippen LogP contribution in [0.2, 0.25) is 0 Å². The molecule has 5 nitrogen and oxygen atoms in total. The maximum Gasteiger partial charge on any atom is 0.378 e. The largest absolute Gasteiger partial charge is 1.00 e. The van der Waals surface area contributed by atoms with E-state index in [2.05, 4.69) is 20.9 Å². The number of carbonyl (C=O) groups excluding carboxylic acids is 1. The number of nitrogens with one attached hydrogen (secondary N) is 1. The van der Waals surface area contributed by atoms with E-state index in [0.29, 0.717) is 5.69 Å². The minimum absolute atomic E-state index is 0. The number of nitrogens with zero attached hydrogens (tertiary/aromatic N) is 2. The minimum atomic E-state index is -0.444. The van der Waals surface area contributed by atoms with E-state index in [1.165, 1.54) is 19.2 Å². The summed E-state index contributed by atoms with van der Waals surface area (Å²) in [5, 5.41) is 1.94. The van der Waals surface area contributed by atoms with Crippen LogP contribution in [-0.4, -0.2) is 22.6 Å². The van der Waals surface area contributed by atoms with Crippen LogP contribution in [0.1, 0.15) is 10.5 Å². The van der Waals surface area contributed by atoms with Gasteiger partial charge in [-0.3, -0.25) is 0 Å².